The van der Waals surface area contributed by atoms with Gasteiger partial charge in [0.2, 0.25) is 5.91 Å². The van der Waals surface area contributed by atoms with Crippen LogP contribution in [0, 0.1) is 0 Å². The number of rotatable bonds is 4. The van der Waals surface area contributed by atoms with Crippen molar-refractivity contribution in [2.45, 2.75) is 13.0 Å². The van der Waals surface area contributed by atoms with Crippen LogP contribution in [0.4, 0.5) is 16.2 Å². The molecule has 0 radical (unpaired) electrons. The number of phenolic OH excluding ortho intramolecular Hbond substituents is 1. The number of carbonyl (C=O) groups is 2. The number of nitrogens with one attached hydrogen (secondary N) is 2. The van der Waals surface area contributed by atoms with Gasteiger partial charge >= 0.3 is 6.03 Å². The van der Waals surface area contributed by atoms with Gasteiger partial charge in [-0.05, 0) is 31.2 Å². The second kappa shape index (κ2) is 8.44. The maximum atomic E-state index is 12.4. The van der Waals surface area contributed by atoms with Crippen LogP contribution in [-0.4, -0.2) is 54.2 Å². The largest absolute Gasteiger partial charge is 0.506 e. The highest BCUT2D eigenvalue weighted by Gasteiger charge is 2.24. The number of benzene rings is 2. The number of hydrogen-bond donors (Lipinski definition) is 3. The van der Waals surface area contributed by atoms with Gasteiger partial charge in [-0.2, -0.15) is 0 Å². The fourth-order valence-electron chi connectivity index (χ4n) is 2.97. The van der Waals surface area contributed by atoms with E-state index in [0.29, 0.717) is 18.8 Å². The standard InChI is InChI=1S/C20H24N4O3/c1-15(19(26)22-17-9-5-6-10-18(17)25)21-20(27)24-13-11-23(12-14-24)16-7-3-2-4-8-16/h2-10,15,25H,11-14H2,1H3,(H,21,27)(H,22,26)/t15-/m1/s1. The molecule has 7 heteroatoms. The summed E-state index contributed by atoms with van der Waals surface area (Å²) in [6, 6.07) is 15.6. The number of amides is 3. The van der Waals surface area contributed by atoms with Crippen molar-refractivity contribution in [2.24, 2.45) is 0 Å². The first kappa shape index (κ1) is 18.6. The Balaban J connectivity index is 1.49. The summed E-state index contributed by atoms with van der Waals surface area (Å²) in [7, 11) is 0. The molecule has 3 N–H and O–H groups in total. The molecule has 3 rings (SSSR count). The third-order valence-corrected chi connectivity index (χ3v) is 4.58. The van der Waals surface area contributed by atoms with Crippen molar-refractivity contribution in [3.8, 4) is 5.75 Å². The molecule has 0 unspecified atom stereocenters. The van der Waals surface area contributed by atoms with Crippen LogP contribution in [0.1, 0.15) is 6.92 Å². The Morgan fingerprint density at radius 1 is 0.963 bits per heavy atom. The summed E-state index contributed by atoms with van der Waals surface area (Å²) in [6.07, 6.45) is 0. The van der Waals surface area contributed by atoms with Gasteiger partial charge in [0.25, 0.3) is 0 Å². The van der Waals surface area contributed by atoms with Gasteiger partial charge in [-0.25, -0.2) is 4.79 Å². The summed E-state index contributed by atoms with van der Waals surface area (Å²) in [5, 5.41) is 15.1. The van der Waals surface area contributed by atoms with E-state index in [9.17, 15) is 14.7 Å². The molecule has 0 aromatic heterocycles. The lowest BCUT2D eigenvalue weighted by Gasteiger charge is -2.36. The van der Waals surface area contributed by atoms with E-state index in [2.05, 4.69) is 27.7 Å². The molecule has 1 aliphatic heterocycles. The highest BCUT2D eigenvalue weighted by Crippen LogP contribution is 2.21. The van der Waals surface area contributed by atoms with Gasteiger partial charge < -0.3 is 25.5 Å². The van der Waals surface area contributed by atoms with Crippen LogP contribution in [0.5, 0.6) is 5.75 Å². The minimum atomic E-state index is -0.718. The van der Waals surface area contributed by atoms with E-state index in [-0.39, 0.29) is 17.7 Å². The number of carbonyl (C=O) groups excluding carboxylic acids is 2. The smallest absolute Gasteiger partial charge is 0.318 e. The van der Waals surface area contributed by atoms with Gasteiger partial charge in [0.05, 0.1) is 5.69 Å². The lowest BCUT2D eigenvalue weighted by molar-refractivity contribution is -0.117. The number of anilines is 2. The van der Waals surface area contributed by atoms with E-state index in [1.807, 2.05) is 18.2 Å². The van der Waals surface area contributed by atoms with Crippen LogP contribution in [0.2, 0.25) is 0 Å². The normalized spacial score (nSPS) is 15.1. The molecule has 1 atom stereocenters. The van der Waals surface area contributed by atoms with E-state index >= 15 is 0 Å². The minimum Gasteiger partial charge on any atom is -0.506 e. The highest BCUT2D eigenvalue weighted by molar-refractivity contribution is 5.97. The fourth-order valence-corrected chi connectivity index (χ4v) is 2.97. The third kappa shape index (κ3) is 4.69. The Morgan fingerprint density at radius 2 is 1.59 bits per heavy atom. The second-order valence-electron chi connectivity index (χ2n) is 6.49. The third-order valence-electron chi connectivity index (χ3n) is 4.58. The Labute approximate surface area is 158 Å². The monoisotopic (exact) mass is 368 g/mol. The Bertz CT molecular complexity index is 789. The predicted octanol–water partition coefficient (Wildman–Crippen LogP) is 2.25. The number of urea groups is 1. The van der Waals surface area contributed by atoms with Crippen molar-refractivity contribution < 1.29 is 14.7 Å². The number of piperazine rings is 1. The van der Waals surface area contributed by atoms with Crippen LogP contribution >= 0.6 is 0 Å². The van der Waals surface area contributed by atoms with Crippen molar-refractivity contribution in [3.05, 3.63) is 54.6 Å². The molecule has 142 valence electrons. The Kier molecular flexibility index (Phi) is 5.80. The van der Waals surface area contributed by atoms with Crippen LogP contribution in [0.25, 0.3) is 0 Å². The van der Waals surface area contributed by atoms with E-state index in [4.69, 9.17) is 0 Å². The summed E-state index contributed by atoms with van der Waals surface area (Å²) in [5.41, 5.74) is 1.47. The first-order valence-corrected chi connectivity index (χ1v) is 8.99. The molecular weight excluding hydrogens is 344 g/mol. The van der Waals surface area contributed by atoms with Gasteiger partial charge in [-0.1, -0.05) is 30.3 Å². The fraction of sp³-hybridized carbons (Fsp3) is 0.300. The van der Waals surface area contributed by atoms with Crippen LogP contribution in [-0.2, 0) is 4.79 Å². The van der Waals surface area contributed by atoms with Crippen LogP contribution in [0.3, 0.4) is 0 Å². The zero-order valence-electron chi connectivity index (χ0n) is 15.3. The van der Waals surface area contributed by atoms with E-state index < -0.39 is 6.04 Å². The van der Waals surface area contributed by atoms with Gasteiger partial charge in [-0.3, -0.25) is 4.79 Å². The number of para-hydroxylation sites is 3. The molecule has 2 aromatic rings. The minimum absolute atomic E-state index is 0.0126. The van der Waals surface area contributed by atoms with Gasteiger partial charge in [0.1, 0.15) is 11.8 Å². The van der Waals surface area contributed by atoms with E-state index in [1.54, 1.807) is 30.0 Å². The maximum Gasteiger partial charge on any atom is 0.318 e. The highest BCUT2D eigenvalue weighted by atomic mass is 16.3. The molecule has 0 spiro atoms. The molecular formula is C20H24N4O3. The van der Waals surface area contributed by atoms with Gasteiger partial charge in [0.15, 0.2) is 0 Å². The first-order chi connectivity index (χ1) is 13.0. The zero-order chi connectivity index (χ0) is 19.2. The summed E-state index contributed by atoms with van der Waals surface area (Å²) in [5.74, 6) is -0.394. The average molecular weight is 368 g/mol. The molecule has 3 amide bonds. The van der Waals surface area contributed by atoms with Crippen molar-refractivity contribution in [1.29, 1.82) is 0 Å². The summed E-state index contributed by atoms with van der Waals surface area (Å²) in [4.78, 5) is 28.6. The van der Waals surface area contributed by atoms with Gasteiger partial charge in [-0.15, -0.1) is 0 Å². The van der Waals surface area contributed by atoms with Crippen molar-refractivity contribution in [1.82, 2.24) is 10.2 Å². The zero-order valence-corrected chi connectivity index (χ0v) is 15.3. The Hall–Kier alpha value is -3.22. The Morgan fingerprint density at radius 3 is 2.26 bits per heavy atom. The number of phenols is 1. The summed E-state index contributed by atoms with van der Waals surface area (Å²) < 4.78 is 0. The van der Waals surface area contributed by atoms with Crippen molar-refractivity contribution in [2.75, 3.05) is 36.4 Å². The lowest BCUT2D eigenvalue weighted by atomic mass is 10.2. The van der Waals surface area contributed by atoms with Crippen molar-refractivity contribution in [3.63, 3.8) is 0 Å². The lowest BCUT2D eigenvalue weighted by Crippen LogP contribution is -2.54. The molecule has 1 fully saturated rings. The SMILES string of the molecule is C[C@@H](NC(=O)N1CCN(c2ccccc2)CC1)C(=O)Nc1ccccc1O. The van der Waals surface area contributed by atoms with Crippen molar-refractivity contribution >= 4 is 23.3 Å². The molecule has 7 nitrogen and oxygen atoms in total. The summed E-state index contributed by atoms with van der Waals surface area (Å²) >= 11 is 0. The molecule has 0 bridgehead atoms. The predicted molar refractivity (Wildman–Crippen MR) is 105 cm³/mol. The van der Waals surface area contributed by atoms with Crippen LogP contribution < -0.4 is 15.5 Å². The quantitative estimate of drug-likeness (QED) is 0.723. The number of nitrogens with zero attached hydrogens (tertiary/aromatic N) is 2. The summed E-state index contributed by atoms with van der Waals surface area (Å²) in [6.45, 7) is 4.29. The average Bonchev–Trinajstić information content (AvgIpc) is 2.70. The number of hydrogen-bond acceptors (Lipinski definition) is 4. The topological polar surface area (TPSA) is 84.9 Å². The second-order valence-corrected chi connectivity index (χ2v) is 6.49. The number of aromatic hydroxyl groups is 1. The molecule has 1 saturated heterocycles. The first-order valence-electron chi connectivity index (χ1n) is 8.99. The molecule has 1 heterocycles. The molecule has 27 heavy (non-hydrogen) atoms. The molecule has 1 aliphatic rings. The van der Waals surface area contributed by atoms with Crippen LogP contribution in [0.15, 0.2) is 54.6 Å². The van der Waals surface area contributed by atoms with E-state index in [1.165, 1.54) is 6.07 Å². The maximum absolute atomic E-state index is 12.4. The van der Waals surface area contributed by atoms with E-state index in [0.717, 1.165) is 18.8 Å². The molecule has 0 aliphatic carbocycles. The van der Waals surface area contributed by atoms with Gasteiger partial charge in [0, 0.05) is 31.9 Å². The molecule has 2 aromatic carbocycles. The molecule has 0 saturated carbocycles.